The van der Waals surface area contributed by atoms with Crippen molar-refractivity contribution in [2.24, 2.45) is 0 Å². The highest BCUT2D eigenvalue weighted by molar-refractivity contribution is 7.81. The molecule has 0 radical (unpaired) electrons. The minimum absolute atomic E-state index is 0.0217. The van der Waals surface area contributed by atoms with Gasteiger partial charge in [-0.2, -0.15) is 12.6 Å². The van der Waals surface area contributed by atoms with Gasteiger partial charge in [0.1, 0.15) is 6.61 Å². The Balaban J connectivity index is 1.36. The number of nitro benzene ring substituents is 1. The summed E-state index contributed by atoms with van der Waals surface area (Å²) in [6, 6.07) is 7.14. The van der Waals surface area contributed by atoms with Crippen LogP contribution < -0.4 is 10.6 Å². The first kappa shape index (κ1) is 18.0. The zero-order valence-electron chi connectivity index (χ0n) is 13.9. The third-order valence-corrected chi connectivity index (χ3v) is 5.28. The second-order valence-electron chi connectivity index (χ2n) is 6.84. The molecule has 2 aliphatic rings. The van der Waals surface area contributed by atoms with Gasteiger partial charge in [-0.1, -0.05) is 0 Å². The molecule has 0 saturated heterocycles. The number of hydrogen-bond donors (Lipinski definition) is 3. The predicted octanol–water partition coefficient (Wildman–Crippen LogP) is 2.79. The molecule has 3 rings (SSSR count). The van der Waals surface area contributed by atoms with Gasteiger partial charge in [-0.3, -0.25) is 10.1 Å². The molecule has 0 spiro atoms. The number of alkyl carbamates (subject to hydrolysis) is 1. The Hall–Kier alpha value is -1.80. The van der Waals surface area contributed by atoms with E-state index in [1.165, 1.54) is 12.1 Å². The maximum Gasteiger partial charge on any atom is 0.407 e. The van der Waals surface area contributed by atoms with Gasteiger partial charge in [0.2, 0.25) is 0 Å². The standard InChI is InChI=1S/C17H23N3O4S/c21-17(24-10-11-1-5-15(6-2-11)20(22)23)19-13-4-3-12(7-13)18-14-8-16(25)9-14/h1-2,5-6,12-14,16,18,25H,3-4,7-10H2,(H,19,21)/t12-,13+,14?,16?/m0/s1. The van der Waals surface area contributed by atoms with Crippen molar-refractivity contribution in [3.05, 3.63) is 39.9 Å². The molecule has 2 fully saturated rings. The Morgan fingerprint density at radius 2 is 1.84 bits per heavy atom. The second kappa shape index (κ2) is 8.05. The SMILES string of the molecule is O=C(N[C@@H]1CC[C@H](NC2CC(S)C2)C1)OCc1ccc([N+](=O)[O-])cc1. The molecule has 0 aromatic heterocycles. The molecular weight excluding hydrogens is 342 g/mol. The fourth-order valence-electron chi connectivity index (χ4n) is 3.39. The molecule has 8 heteroatoms. The lowest BCUT2D eigenvalue weighted by molar-refractivity contribution is -0.384. The average Bonchev–Trinajstić information content (AvgIpc) is 2.99. The van der Waals surface area contributed by atoms with Gasteiger partial charge in [-0.15, -0.1) is 0 Å². The smallest absolute Gasteiger partial charge is 0.407 e. The van der Waals surface area contributed by atoms with E-state index in [-0.39, 0.29) is 18.3 Å². The number of nitrogens with zero attached hydrogens (tertiary/aromatic N) is 1. The Morgan fingerprint density at radius 1 is 1.16 bits per heavy atom. The Bertz CT molecular complexity index is 619. The van der Waals surface area contributed by atoms with E-state index in [1.807, 2.05) is 0 Å². The molecule has 2 N–H and O–H groups in total. The van der Waals surface area contributed by atoms with Crippen LogP contribution in [0.5, 0.6) is 0 Å². The molecule has 1 aromatic rings. The molecule has 1 amide bonds. The maximum atomic E-state index is 11.9. The number of nitro groups is 1. The summed E-state index contributed by atoms with van der Waals surface area (Å²) < 4.78 is 5.20. The van der Waals surface area contributed by atoms with Gasteiger partial charge >= 0.3 is 6.09 Å². The van der Waals surface area contributed by atoms with Crippen LogP contribution in [-0.2, 0) is 11.3 Å². The Morgan fingerprint density at radius 3 is 2.48 bits per heavy atom. The number of hydrogen-bond acceptors (Lipinski definition) is 6. The van der Waals surface area contributed by atoms with E-state index in [2.05, 4.69) is 23.3 Å². The highest BCUT2D eigenvalue weighted by atomic mass is 32.1. The Kier molecular flexibility index (Phi) is 5.80. The van der Waals surface area contributed by atoms with Crippen molar-refractivity contribution in [3.8, 4) is 0 Å². The quantitative estimate of drug-likeness (QED) is 0.409. The summed E-state index contributed by atoms with van der Waals surface area (Å²) in [5.41, 5.74) is 0.742. The summed E-state index contributed by atoms with van der Waals surface area (Å²) in [5, 5.41) is 17.7. The minimum atomic E-state index is -0.456. The molecule has 7 nitrogen and oxygen atoms in total. The van der Waals surface area contributed by atoms with Gasteiger partial charge < -0.3 is 15.4 Å². The Labute approximate surface area is 152 Å². The van der Waals surface area contributed by atoms with Crippen LogP contribution >= 0.6 is 12.6 Å². The third-order valence-electron chi connectivity index (χ3n) is 4.86. The highest BCUT2D eigenvalue weighted by Crippen LogP contribution is 2.28. The van der Waals surface area contributed by atoms with E-state index in [0.29, 0.717) is 17.3 Å². The van der Waals surface area contributed by atoms with Crippen molar-refractivity contribution in [1.82, 2.24) is 10.6 Å². The van der Waals surface area contributed by atoms with Gasteiger partial charge in [0.25, 0.3) is 5.69 Å². The fraction of sp³-hybridized carbons (Fsp3) is 0.588. The van der Waals surface area contributed by atoms with Crippen molar-refractivity contribution in [2.45, 2.75) is 62.1 Å². The lowest BCUT2D eigenvalue weighted by Crippen LogP contribution is -2.46. The van der Waals surface area contributed by atoms with Gasteiger partial charge in [0.15, 0.2) is 0 Å². The largest absolute Gasteiger partial charge is 0.445 e. The van der Waals surface area contributed by atoms with Gasteiger partial charge in [0, 0.05) is 35.5 Å². The molecule has 1 aromatic carbocycles. The summed E-state index contributed by atoms with van der Waals surface area (Å²) in [4.78, 5) is 22.1. The fourth-order valence-corrected chi connectivity index (χ4v) is 3.90. The summed E-state index contributed by atoms with van der Waals surface area (Å²) >= 11 is 4.43. The molecular formula is C17H23N3O4S. The topological polar surface area (TPSA) is 93.5 Å². The predicted molar refractivity (Wildman–Crippen MR) is 96.8 cm³/mol. The van der Waals surface area contributed by atoms with Crippen LogP contribution in [0, 0.1) is 10.1 Å². The first-order valence-corrected chi connectivity index (χ1v) is 9.12. The van der Waals surface area contributed by atoms with Crippen molar-refractivity contribution < 1.29 is 14.5 Å². The average molecular weight is 365 g/mol. The van der Waals surface area contributed by atoms with Crippen LogP contribution in [0.3, 0.4) is 0 Å². The maximum absolute atomic E-state index is 11.9. The van der Waals surface area contributed by atoms with Crippen molar-refractivity contribution in [2.75, 3.05) is 0 Å². The molecule has 136 valence electrons. The highest BCUT2D eigenvalue weighted by Gasteiger charge is 2.32. The third kappa shape index (κ3) is 5.09. The molecule has 0 heterocycles. The summed E-state index contributed by atoms with van der Waals surface area (Å²) in [5.74, 6) is 0. The molecule has 0 aliphatic heterocycles. The molecule has 0 unspecified atom stereocenters. The van der Waals surface area contributed by atoms with Crippen molar-refractivity contribution >= 4 is 24.4 Å². The van der Waals surface area contributed by atoms with E-state index in [9.17, 15) is 14.9 Å². The van der Waals surface area contributed by atoms with E-state index < -0.39 is 11.0 Å². The van der Waals surface area contributed by atoms with Crippen LogP contribution in [0.25, 0.3) is 0 Å². The number of rotatable bonds is 6. The molecule has 2 aliphatic carbocycles. The van der Waals surface area contributed by atoms with Crippen LogP contribution in [0.15, 0.2) is 24.3 Å². The van der Waals surface area contributed by atoms with Crippen molar-refractivity contribution in [1.29, 1.82) is 0 Å². The number of ether oxygens (including phenoxy) is 1. The first-order valence-electron chi connectivity index (χ1n) is 8.60. The number of thiol groups is 1. The van der Waals surface area contributed by atoms with Crippen LogP contribution in [0.1, 0.15) is 37.7 Å². The number of benzene rings is 1. The first-order chi connectivity index (χ1) is 12.0. The molecule has 2 saturated carbocycles. The van der Waals surface area contributed by atoms with Crippen LogP contribution in [0.2, 0.25) is 0 Å². The summed E-state index contributed by atoms with van der Waals surface area (Å²) in [6.07, 6.45) is 4.72. The number of carbonyl (C=O) groups excluding carboxylic acids is 1. The van der Waals surface area contributed by atoms with E-state index in [4.69, 9.17) is 4.74 Å². The van der Waals surface area contributed by atoms with Gasteiger partial charge in [0.05, 0.1) is 4.92 Å². The minimum Gasteiger partial charge on any atom is -0.445 e. The van der Waals surface area contributed by atoms with Crippen LogP contribution in [0.4, 0.5) is 10.5 Å². The second-order valence-corrected chi connectivity index (χ2v) is 7.57. The summed E-state index contributed by atoms with van der Waals surface area (Å²) in [6.45, 7) is 0.101. The molecule has 2 atom stereocenters. The lowest BCUT2D eigenvalue weighted by atomic mass is 9.91. The normalized spacial score (nSPS) is 28.2. The zero-order valence-corrected chi connectivity index (χ0v) is 14.8. The van der Waals surface area contributed by atoms with E-state index in [0.717, 1.165) is 37.7 Å². The number of non-ortho nitro benzene ring substituents is 1. The van der Waals surface area contributed by atoms with E-state index in [1.54, 1.807) is 12.1 Å². The van der Waals surface area contributed by atoms with Gasteiger partial charge in [-0.25, -0.2) is 4.79 Å². The van der Waals surface area contributed by atoms with Crippen LogP contribution in [-0.4, -0.2) is 34.4 Å². The van der Waals surface area contributed by atoms with E-state index >= 15 is 0 Å². The molecule has 25 heavy (non-hydrogen) atoms. The van der Waals surface area contributed by atoms with Gasteiger partial charge in [-0.05, 0) is 49.8 Å². The number of nitrogens with one attached hydrogen (secondary N) is 2. The zero-order chi connectivity index (χ0) is 17.8. The summed E-state index contributed by atoms with van der Waals surface area (Å²) in [7, 11) is 0. The lowest BCUT2D eigenvalue weighted by Gasteiger charge is -2.35. The van der Waals surface area contributed by atoms with Crippen molar-refractivity contribution in [3.63, 3.8) is 0 Å². The number of amides is 1. The monoisotopic (exact) mass is 365 g/mol. The molecule has 0 bridgehead atoms. The number of carbonyl (C=O) groups is 1.